The molecule has 7 heteroatoms. The highest BCUT2D eigenvalue weighted by atomic mass is 19.1. The van der Waals surface area contributed by atoms with Crippen molar-refractivity contribution in [2.24, 2.45) is 5.73 Å². The second-order valence-electron chi connectivity index (χ2n) is 5.31. The molecule has 0 heterocycles. The Kier molecular flexibility index (Phi) is 8.86. The van der Waals surface area contributed by atoms with E-state index in [9.17, 15) is 14.0 Å². The number of halogens is 1. The van der Waals surface area contributed by atoms with E-state index in [2.05, 4.69) is 10.6 Å². The highest BCUT2D eigenvalue weighted by molar-refractivity contribution is 5.93. The van der Waals surface area contributed by atoms with Crippen LogP contribution in [0.4, 0.5) is 10.1 Å². The molecule has 1 rings (SSSR count). The molecule has 0 aliphatic rings. The van der Waals surface area contributed by atoms with E-state index >= 15 is 0 Å². The number of anilines is 1. The first-order valence-electron chi connectivity index (χ1n) is 7.74. The molecule has 0 aliphatic heterocycles. The predicted octanol–water partition coefficient (Wildman–Crippen LogP) is 1.72. The van der Waals surface area contributed by atoms with Crippen LogP contribution in [-0.2, 0) is 9.59 Å². The van der Waals surface area contributed by atoms with Gasteiger partial charge in [-0.25, -0.2) is 4.39 Å². The van der Waals surface area contributed by atoms with Gasteiger partial charge in [0.05, 0.1) is 6.42 Å². The van der Waals surface area contributed by atoms with Gasteiger partial charge in [0.1, 0.15) is 11.9 Å². The molecule has 0 bridgehead atoms. The smallest absolute Gasteiger partial charge is 0.321 e. The van der Waals surface area contributed by atoms with Crippen LogP contribution in [0.1, 0.15) is 32.1 Å². The number of carbonyl (C=O) groups excluding carboxylic acids is 1. The Bertz CT molecular complexity index is 494. The van der Waals surface area contributed by atoms with Gasteiger partial charge in [0.2, 0.25) is 5.91 Å². The number of benzene rings is 1. The lowest BCUT2D eigenvalue weighted by Crippen LogP contribution is -2.40. The minimum Gasteiger partial charge on any atom is -0.480 e. The molecule has 0 aliphatic carbocycles. The monoisotopic (exact) mass is 325 g/mol. The summed E-state index contributed by atoms with van der Waals surface area (Å²) < 4.78 is 12.8. The minimum atomic E-state index is -1.07. The van der Waals surface area contributed by atoms with Crippen LogP contribution in [0.15, 0.2) is 24.3 Å². The fraction of sp³-hybridized carbons (Fsp3) is 0.500. The number of aliphatic carboxylic acids is 1. The number of carboxylic acids is 1. The molecule has 1 aromatic carbocycles. The second-order valence-corrected chi connectivity index (χ2v) is 5.31. The van der Waals surface area contributed by atoms with Crippen molar-refractivity contribution < 1.29 is 19.1 Å². The van der Waals surface area contributed by atoms with Crippen LogP contribution < -0.4 is 16.4 Å². The number of hydrogen-bond acceptors (Lipinski definition) is 4. The topological polar surface area (TPSA) is 104 Å². The predicted molar refractivity (Wildman–Crippen MR) is 86.6 cm³/mol. The molecule has 6 nitrogen and oxygen atoms in total. The Labute approximate surface area is 135 Å². The molecule has 1 aromatic rings. The van der Waals surface area contributed by atoms with Crippen molar-refractivity contribution in [3.05, 3.63) is 30.1 Å². The second kappa shape index (κ2) is 10.7. The fourth-order valence-electron chi connectivity index (χ4n) is 2.08. The van der Waals surface area contributed by atoms with Gasteiger partial charge in [-0.15, -0.1) is 0 Å². The standard InChI is InChI=1S/C16H24FN3O3/c17-12-5-7-13(8-6-12)20-15(21)11-14(16(22)23)19-10-4-2-1-3-9-18/h5-8,14,19H,1-4,9-11,18H2,(H,20,21)(H,22,23)/t14-/m1/s1. The summed E-state index contributed by atoms with van der Waals surface area (Å²) in [6.07, 6.45) is 3.60. The zero-order chi connectivity index (χ0) is 17.1. The van der Waals surface area contributed by atoms with E-state index in [1.165, 1.54) is 24.3 Å². The molecule has 23 heavy (non-hydrogen) atoms. The van der Waals surface area contributed by atoms with Crippen LogP contribution in [0.2, 0.25) is 0 Å². The van der Waals surface area contributed by atoms with E-state index in [1.54, 1.807) is 0 Å². The Morgan fingerprint density at radius 2 is 1.78 bits per heavy atom. The first-order chi connectivity index (χ1) is 11.0. The fourth-order valence-corrected chi connectivity index (χ4v) is 2.08. The normalized spacial score (nSPS) is 11.9. The Morgan fingerprint density at radius 3 is 2.39 bits per heavy atom. The van der Waals surface area contributed by atoms with E-state index in [0.29, 0.717) is 18.8 Å². The maximum atomic E-state index is 12.8. The average Bonchev–Trinajstić information content (AvgIpc) is 2.51. The highest BCUT2D eigenvalue weighted by Crippen LogP contribution is 2.09. The summed E-state index contributed by atoms with van der Waals surface area (Å²) in [7, 11) is 0. The SMILES string of the molecule is NCCCCCCN[C@H](CC(=O)Nc1ccc(F)cc1)C(=O)O. The van der Waals surface area contributed by atoms with E-state index in [1.807, 2.05) is 0 Å². The number of amides is 1. The maximum absolute atomic E-state index is 12.8. The number of nitrogens with one attached hydrogen (secondary N) is 2. The van der Waals surface area contributed by atoms with E-state index in [-0.39, 0.29) is 6.42 Å². The van der Waals surface area contributed by atoms with Crippen LogP contribution in [0.3, 0.4) is 0 Å². The molecule has 1 atom stereocenters. The summed E-state index contributed by atoms with van der Waals surface area (Å²) in [5.74, 6) is -1.90. The number of carbonyl (C=O) groups is 2. The first-order valence-corrected chi connectivity index (χ1v) is 7.74. The van der Waals surface area contributed by atoms with Crippen LogP contribution in [0.25, 0.3) is 0 Å². The Hall–Kier alpha value is -1.99. The summed E-state index contributed by atoms with van der Waals surface area (Å²) in [5, 5.41) is 14.6. The lowest BCUT2D eigenvalue weighted by atomic mass is 10.1. The summed E-state index contributed by atoms with van der Waals surface area (Å²) in [5.41, 5.74) is 5.83. The molecular formula is C16H24FN3O3. The van der Waals surface area contributed by atoms with Crippen molar-refractivity contribution in [1.82, 2.24) is 5.32 Å². The molecule has 0 unspecified atom stereocenters. The van der Waals surface area contributed by atoms with Gasteiger partial charge in [0.15, 0.2) is 0 Å². The summed E-state index contributed by atoms with van der Waals surface area (Å²) >= 11 is 0. The highest BCUT2D eigenvalue weighted by Gasteiger charge is 2.20. The molecule has 128 valence electrons. The number of nitrogens with two attached hydrogens (primary N) is 1. The van der Waals surface area contributed by atoms with E-state index in [0.717, 1.165) is 25.7 Å². The lowest BCUT2D eigenvalue weighted by molar-refractivity contribution is -0.141. The number of carboxylic acid groups (broad SMARTS) is 1. The van der Waals surface area contributed by atoms with Crippen LogP contribution >= 0.6 is 0 Å². The summed E-state index contributed by atoms with van der Waals surface area (Å²) in [4.78, 5) is 23.1. The summed E-state index contributed by atoms with van der Waals surface area (Å²) in [6.45, 7) is 1.19. The molecule has 0 fully saturated rings. The average molecular weight is 325 g/mol. The Balaban J connectivity index is 2.35. The lowest BCUT2D eigenvalue weighted by Gasteiger charge is -2.14. The van der Waals surface area contributed by atoms with Crippen molar-refractivity contribution >= 4 is 17.6 Å². The zero-order valence-electron chi connectivity index (χ0n) is 13.1. The third-order valence-electron chi connectivity index (χ3n) is 3.34. The van der Waals surface area contributed by atoms with Crippen LogP contribution in [0, 0.1) is 5.82 Å². The number of rotatable bonds is 11. The van der Waals surface area contributed by atoms with Crippen molar-refractivity contribution in [3.63, 3.8) is 0 Å². The Morgan fingerprint density at radius 1 is 1.13 bits per heavy atom. The number of hydrogen-bond donors (Lipinski definition) is 4. The minimum absolute atomic E-state index is 0.185. The van der Waals surface area contributed by atoms with Gasteiger partial charge in [0, 0.05) is 5.69 Å². The van der Waals surface area contributed by atoms with E-state index in [4.69, 9.17) is 10.8 Å². The van der Waals surface area contributed by atoms with Gasteiger partial charge in [0.25, 0.3) is 0 Å². The number of unbranched alkanes of at least 4 members (excludes halogenated alkanes) is 3. The molecular weight excluding hydrogens is 301 g/mol. The van der Waals surface area contributed by atoms with Gasteiger partial charge < -0.3 is 21.5 Å². The van der Waals surface area contributed by atoms with Gasteiger partial charge in [-0.3, -0.25) is 9.59 Å². The van der Waals surface area contributed by atoms with Gasteiger partial charge in [-0.05, 0) is 50.2 Å². The third kappa shape index (κ3) is 8.27. The van der Waals surface area contributed by atoms with Gasteiger partial charge >= 0.3 is 5.97 Å². The van der Waals surface area contributed by atoms with Gasteiger partial charge in [-0.1, -0.05) is 12.8 Å². The zero-order valence-corrected chi connectivity index (χ0v) is 13.1. The molecule has 1 amide bonds. The molecule has 0 spiro atoms. The van der Waals surface area contributed by atoms with E-state index < -0.39 is 23.7 Å². The quantitative estimate of drug-likeness (QED) is 0.464. The van der Waals surface area contributed by atoms with Crippen molar-refractivity contribution in [1.29, 1.82) is 0 Å². The molecule has 0 saturated carbocycles. The summed E-state index contributed by atoms with van der Waals surface area (Å²) in [6, 6.07) is 4.36. The van der Waals surface area contributed by atoms with Crippen LogP contribution in [-0.4, -0.2) is 36.1 Å². The van der Waals surface area contributed by atoms with Crippen molar-refractivity contribution in [2.75, 3.05) is 18.4 Å². The molecule has 0 saturated heterocycles. The largest absolute Gasteiger partial charge is 0.480 e. The first kappa shape index (κ1) is 19.1. The third-order valence-corrected chi connectivity index (χ3v) is 3.34. The molecule has 0 radical (unpaired) electrons. The van der Waals surface area contributed by atoms with Gasteiger partial charge in [-0.2, -0.15) is 0 Å². The molecule has 5 N–H and O–H groups in total. The van der Waals surface area contributed by atoms with Crippen molar-refractivity contribution in [3.8, 4) is 0 Å². The van der Waals surface area contributed by atoms with Crippen LogP contribution in [0.5, 0.6) is 0 Å². The molecule has 0 aromatic heterocycles. The maximum Gasteiger partial charge on any atom is 0.321 e. The van der Waals surface area contributed by atoms with Crippen molar-refractivity contribution in [2.45, 2.75) is 38.1 Å².